The summed E-state index contributed by atoms with van der Waals surface area (Å²) < 4.78 is 2.06. The molecule has 1 aromatic carbocycles. The third-order valence-corrected chi connectivity index (χ3v) is 3.22. The number of phenols is 1. The number of carbonyl (C=O) groups is 1. The Balaban J connectivity index is 2.53. The first kappa shape index (κ1) is 12.5. The first-order valence-electron chi connectivity index (χ1n) is 6.07. The van der Waals surface area contributed by atoms with Crippen molar-refractivity contribution in [3.8, 4) is 5.75 Å². The van der Waals surface area contributed by atoms with E-state index < -0.39 is 5.97 Å². The van der Waals surface area contributed by atoms with Crippen LogP contribution in [0.3, 0.4) is 0 Å². The average Bonchev–Trinajstić information content (AvgIpc) is 2.65. The number of nitrogens with zero attached hydrogens (tertiary/aromatic N) is 1. The first-order chi connectivity index (χ1) is 8.52. The molecular formula is C14H17NO3. The zero-order valence-electron chi connectivity index (χ0n) is 10.6. The molecule has 2 aromatic rings. The Labute approximate surface area is 105 Å². The Hall–Kier alpha value is -1.97. The van der Waals surface area contributed by atoms with Crippen LogP contribution in [-0.4, -0.2) is 20.7 Å². The van der Waals surface area contributed by atoms with Crippen LogP contribution in [0.4, 0.5) is 0 Å². The van der Waals surface area contributed by atoms with Crippen molar-refractivity contribution in [3.63, 3.8) is 0 Å². The van der Waals surface area contributed by atoms with Crippen LogP contribution in [0.15, 0.2) is 24.3 Å². The number of aromatic nitrogens is 1. The quantitative estimate of drug-likeness (QED) is 0.873. The molecule has 0 spiro atoms. The minimum Gasteiger partial charge on any atom is -0.508 e. The number of aryl methyl sites for hydroxylation is 1. The molecule has 0 amide bonds. The van der Waals surface area contributed by atoms with Gasteiger partial charge in [-0.2, -0.15) is 0 Å². The van der Waals surface area contributed by atoms with Crippen molar-refractivity contribution in [1.29, 1.82) is 0 Å². The van der Waals surface area contributed by atoms with Crippen molar-refractivity contribution in [1.82, 2.24) is 4.57 Å². The molecule has 1 unspecified atom stereocenters. The van der Waals surface area contributed by atoms with E-state index in [1.54, 1.807) is 12.1 Å². The molecule has 1 atom stereocenters. The summed E-state index contributed by atoms with van der Waals surface area (Å²) in [6.07, 6.45) is 0.113. The summed E-state index contributed by atoms with van der Waals surface area (Å²) in [6, 6.07) is 7.23. The van der Waals surface area contributed by atoms with Crippen molar-refractivity contribution >= 4 is 16.9 Å². The van der Waals surface area contributed by atoms with E-state index in [4.69, 9.17) is 5.11 Å². The minimum atomic E-state index is -0.793. The second kappa shape index (κ2) is 4.72. The fourth-order valence-corrected chi connectivity index (χ4v) is 2.39. The van der Waals surface area contributed by atoms with Crippen LogP contribution in [0, 0.1) is 0 Å². The molecule has 0 aliphatic carbocycles. The topological polar surface area (TPSA) is 62.5 Å². The van der Waals surface area contributed by atoms with Gasteiger partial charge in [0, 0.05) is 29.6 Å². The molecule has 0 bridgehead atoms. The second-order valence-electron chi connectivity index (χ2n) is 4.56. The molecule has 0 radical (unpaired) electrons. The first-order valence-corrected chi connectivity index (χ1v) is 6.07. The van der Waals surface area contributed by atoms with E-state index in [9.17, 15) is 9.90 Å². The van der Waals surface area contributed by atoms with E-state index in [2.05, 4.69) is 4.57 Å². The largest absolute Gasteiger partial charge is 0.508 e. The van der Waals surface area contributed by atoms with Gasteiger partial charge in [0.2, 0.25) is 0 Å². The van der Waals surface area contributed by atoms with E-state index >= 15 is 0 Å². The number of aliphatic carboxylic acids is 1. The summed E-state index contributed by atoms with van der Waals surface area (Å²) in [5, 5.41) is 19.4. The highest BCUT2D eigenvalue weighted by Crippen LogP contribution is 2.29. The zero-order valence-corrected chi connectivity index (χ0v) is 10.6. The van der Waals surface area contributed by atoms with Gasteiger partial charge in [-0.1, -0.05) is 6.92 Å². The normalized spacial score (nSPS) is 12.8. The third-order valence-electron chi connectivity index (χ3n) is 3.22. The van der Waals surface area contributed by atoms with Crippen molar-refractivity contribution < 1.29 is 15.0 Å². The van der Waals surface area contributed by atoms with Crippen molar-refractivity contribution in [2.45, 2.75) is 32.7 Å². The Bertz CT molecular complexity index is 586. The molecule has 0 saturated carbocycles. The summed E-state index contributed by atoms with van der Waals surface area (Å²) in [6.45, 7) is 4.68. The zero-order chi connectivity index (χ0) is 13.3. The van der Waals surface area contributed by atoms with Crippen LogP contribution in [0.25, 0.3) is 10.9 Å². The molecule has 2 N–H and O–H groups in total. The van der Waals surface area contributed by atoms with E-state index in [1.165, 1.54) is 0 Å². The Morgan fingerprint density at radius 3 is 2.72 bits per heavy atom. The molecule has 1 heterocycles. The number of carboxylic acids is 1. The standard InChI is InChI=1S/C14H17NO3/c1-3-15-12(9(2)6-14(17)18)7-10-4-5-11(16)8-13(10)15/h4-5,7-9,16H,3,6H2,1-2H3,(H,17,18). The van der Waals surface area contributed by atoms with Gasteiger partial charge >= 0.3 is 5.97 Å². The third kappa shape index (κ3) is 2.18. The maximum absolute atomic E-state index is 10.8. The highest BCUT2D eigenvalue weighted by Gasteiger charge is 2.16. The van der Waals surface area contributed by atoms with E-state index in [0.717, 1.165) is 23.1 Å². The average molecular weight is 247 g/mol. The van der Waals surface area contributed by atoms with Gasteiger partial charge in [-0.05, 0) is 25.1 Å². The van der Waals surface area contributed by atoms with Crippen LogP contribution in [0.5, 0.6) is 5.75 Å². The number of carboxylic acid groups (broad SMARTS) is 1. The van der Waals surface area contributed by atoms with Crippen molar-refractivity contribution in [3.05, 3.63) is 30.0 Å². The smallest absolute Gasteiger partial charge is 0.304 e. The lowest BCUT2D eigenvalue weighted by Crippen LogP contribution is -2.08. The van der Waals surface area contributed by atoms with Crippen molar-refractivity contribution in [2.75, 3.05) is 0 Å². The lowest BCUT2D eigenvalue weighted by molar-refractivity contribution is -0.137. The van der Waals surface area contributed by atoms with E-state index in [-0.39, 0.29) is 18.1 Å². The summed E-state index contributed by atoms with van der Waals surface area (Å²) in [4.78, 5) is 10.8. The predicted octanol–water partition coefficient (Wildman–Crippen LogP) is 2.95. The molecule has 4 heteroatoms. The molecule has 18 heavy (non-hydrogen) atoms. The maximum atomic E-state index is 10.8. The summed E-state index contributed by atoms with van der Waals surface area (Å²) in [7, 11) is 0. The molecule has 0 aliphatic rings. The predicted molar refractivity (Wildman–Crippen MR) is 69.9 cm³/mol. The lowest BCUT2D eigenvalue weighted by Gasteiger charge is -2.13. The van der Waals surface area contributed by atoms with Crippen LogP contribution < -0.4 is 0 Å². The van der Waals surface area contributed by atoms with Crippen LogP contribution in [-0.2, 0) is 11.3 Å². The van der Waals surface area contributed by atoms with Gasteiger partial charge in [-0.15, -0.1) is 0 Å². The van der Waals surface area contributed by atoms with E-state index in [1.807, 2.05) is 26.0 Å². The Kier molecular flexibility index (Phi) is 3.28. The summed E-state index contributed by atoms with van der Waals surface area (Å²) in [5.41, 5.74) is 1.95. The fourth-order valence-electron chi connectivity index (χ4n) is 2.39. The number of phenolic OH excluding ortho intramolecular Hbond substituents is 1. The Morgan fingerprint density at radius 1 is 1.39 bits per heavy atom. The highest BCUT2D eigenvalue weighted by molar-refractivity contribution is 5.83. The molecule has 1 aromatic heterocycles. The summed E-state index contributed by atoms with van der Waals surface area (Å²) in [5.74, 6) is -0.608. The number of rotatable bonds is 4. The van der Waals surface area contributed by atoms with Gasteiger partial charge in [0.25, 0.3) is 0 Å². The molecular weight excluding hydrogens is 230 g/mol. The minimum absolute atomic E-state index is 0.0445. The fraction of sp³-hybridized carbons (Fsp3) is 0.357. The molecule has 0 fully saturated rings. The SMILES string of the molecule is CCn1c(C(C)CC(=O)O)cc2ccc(O)cc21. The number of fused-ring (bicyclic) bond motifs is 1. The van der Waals surface area contributed by atoms with Crippen LogP contribution in [0.1, 0.15) is 31.9 Å². The molecule has 96 valence electrons. The monoisotopic (exact) mass is 247 g/mol. The Morgan fingerprint density at radius 2 is 2.11 bits per heavy atom. The highest BCUT2D eigenvalue weighted by atomic mass is 16.4. The number of hydrogen-bond acceptors (Lipinski definition) is 2. The van der Waals surface area contributed by atoms with Crippen LogP contribution >= 0.6 is 0 Å². The molecule has 2 rings (SSSR count). The molecule has 0 aliphatic heterocycles. The van der Waals surface area contributed by atoms with E-state index in [0.29, 0.717) is 0 Å². The van der Waals surface area contributed by atoms with Gasteiger partial charge in [0.15, 0.2) is 0 Å². The van der Waals surface area contributed by atoms with Gasteiger partial charge < -0.3 is 14.8 Å². The van der Waals surface area contributed by atoms with Gasteiger partial charge in [0.1, 0.15) is 5.75 Å². The van der Waals surface area contributed by atoms with Gasteiger partial charge in [-0.3, -0.25) is 4.79 Å². The number of hydrogen-bond donors (Lipinski definition) is 2. The van der Waals surface area contributed by atoms with Crippen LogP contribution in [0.2, 0.25) is 0 Å². The van der Waals surface area contributed by atoms with Gasteiger partial charge in [-0.25, -0.2) is 0 Å². The lowest BCUT2D eigenvalue weighted by atomic mass is 10.0. The van der Waals surface area contributed by atoms with Crippen molar-refractivity contribution in [2.24, 2.45) is 0 Å². The maximum Gasteiger partial charge on any atom is 0.304 e. The molecule has 4 nitrogen and oxygen atoms in total. The summed E-state index contributed by atoms with van der Waals surface area (Å²) >= 11 is 0. The number of benzene rings is 1. The second-order valence-corrected chi connectivity index (χ2v) is 4.56. The number of aromatic hydroxyl groups is 1. The molecule has 0 saturated heterocycles. The van der Waals surface area contributed by atoms with Gasteiger partial charge in [0.05, 0.1) is 11.9 Å².